The summed E-state index contributed by atoms with van der Waals surface area (Å²) in [6.45, 7) is 6.94. The third kappa shape index (κ3) is 2.74. The fourth-order valence-corrected chi connectivity index (χ4v) is 4.92. The number of fused-ring (bicyclic) bond motifs is 1. The molecular formula is C14H24N4O2S. The van der Waals surface area contributed by atoms with Crippen LogP contribution in [0, 0.1) is 12.8 Å². The number of hydrogen-bond acceptors (Lipinski definition) is 4. The average molecular weight is 312 g/mol. The van der Waals surface area contributed by atoms with E-state index in [1.54, 1.807) is 10.5 Å². The fourth-order valence-electron chi connectivity index (χ4n) is 3.41. The molecule has 0 aliphatic carbocycles. The lowest BCUT2D eigenvalue weighted by Crippen LogP contribution is -2.41. The van der Waals surface area contributed by atoms with E-state index in [0.717, 1.165) is 38.2 Å². The van der Waals surface area contributed by atoms with Crippen LogP contribution in [0.3, 0.4) is 0 Å². The first-order valence-electron chi connectivity index (χ1n) is 7.79. The molecule has 2 aliphatic rings. The van der Waals surface area contributed by atoms with Gasteiger partial charge in [-0.25, -0.2) is 13.4 Å². The summed E-state index contributed by atoms with van der Waals surface area (Å²) in [5.41, 5.74) is 0. The Morgan fingerprint density at radius 2 is 2.24 bits per heavy atom. The summed E-state index contributed by atoms with van der Waals surface area (Å²) >= 11 is 0. The van der Waals surface area contributed by atoms with Crippen LogP contribution >= 0.6 is 0 Å². The fraction of sp³-hybridized carbons (Fsp3) is 0.786. The molecule has 0 spiro atoms. The molecule has 21 heavy (non-hydrogen) atoms. The van der Waals surface area contributed by atoms with E-state index in [4.69, 9.17) is 0 Å². The second-order valence-electron chi connectivity index (χ2n) is 6.10. The molecule has 1 aromatic rings. The van der Waals surface area contributed by atoms with Crippen LogP contribution in [0.25, 0.3) is 0 Å². The number of hydrogen-bond donors (Lipinski definition) is 1. The van der Waals surface area contributed by atoms with Gasteiger partial charge in [0, 0.05) is 31.9 Å². The molecule has 0 radical (unpaired) electrons. The van der Waals surface area contributed by atoms with Crippen LogP contribution in [-0.4, -0.2) is 48.0 Å². The Labute approximate surface area is 126 Å². The zero-order valence-corrected chi connectivity index (χ0v) is 13.6. The second kappa shape index (κ2) is 5.70. The lowest BCUT2D eigenvalue weighted by molar-refractivity contribution is 0.339. The molecule has 3 rings (SSSR count). The highest BCUT2D eigenvalue weighted by atomic mass is 32.2. The van der Waals surface area contributed by atoms with Crippen LogP contribution < -0.4 is 5.32 Å². The van der Waals surface area contributed by atoms with Crippen molar-refractivity contribution < 1.29 is 8.42 Å². The summed E-state index contributed by atoms with van der Waals surface area (Å²) in [5, 5.41) is 3.64. The van der Waals surface area contributed by atoms with Crippen molar-refractivity contribution >= 4 is 10.0 Å². The molecule has 3 heterocycles. The molecule has 0 saturated carbocycles. The molecule has 0 unspecified atom stereocenters. The maximum atomic E-state index is 12.8. The number of nitrogens with one attached hydrogen (secondary N) is 1. The van der Waals surface area contributed by atoms with Gasteiger partial charge in [0.15, 0.2) is 5.03 Å². The van der Waals surface area contributed by atoms with E-state index >= 15 is 0 Å². The SMILES string of the molecule is CCCn1cc(S(=O)(=O)N2C[C@@H]3CCCN[C@@H]3C2)nc1C. The van der Waals surface area contributed by atoms with Crippen molar-refractivity contribution in [3.8, 4) is 0 Å². The number of aryl methyl sites for hydroxylation is 2. The van der Waals surface area contributed by atoms with Gasteiger partial charge in [-0.05, 0) is 38.6 Å². The first-order valence-corrected chi connectivity index (χ1v) is 9.23. The summed E-state index contributed by atoms with van der Waals surface area (Å²) in [6, 6.07) is 0.312. The minimum absolute atomic E-state index is 0.201. The Kier molecular flexibility index (Phi) is 4.07. The van der Waals surface area contributed by atoms with Crippen molar-refractivity contribution in [1.82, 2.24) is 19.2 Å². The summed E-state index contributed by atoms with van der Waals surface area (Å²) in [7, 11) is -3.46. The molecule has 118 valence electrons. The molecule has 0 aromatic carbocycles. The van der Waals surface area contributed by atoms with Crippen LogP contribution in [0.5, 0.6) is 0 Å². The van der Waals surface area contributed by atoms with Gasteiger partial charge in [0.2, 0.25) is 0 Å². The number of nitrogens with zero attached hydrogens (tertiary/aromatic N) is 3. The second-order valence-corrected chi connectivity index (χ2v) is 7.99. The third-order valence-corrected chi connectivity index (χ3v) is 6.29. The Morgan fingerprint density at radius 1 is 1.43 bits per heavy atom. The molecule has 2 saturated heterocycles. The van der Waals surface area contributed by atoms with E-state index in [-0.39, 0.29) is 5.03 Å². The van der Waals surface area contributed by atoms with E-state index in [1.807, 2.05) is 11.5 Å². The van der Waals surface area contributed by atoms with Crippen LogP contribution in [0.2, 0.25) is 0 Å². The van der Waals surface area contributed by atoms with E-state index in [2.05, 4.69) is 17.2 Å². The third-order valence-electron chi connectivity index (χ3n) is 4.59. The molecule has 2 atom stereocenters. The number of piperidine rings is 1. The zero-order valence-electron chi connectivity index (χ0n) is 12.7. The first-order chi connectivity index (χ1) is 10.0. The van der Waals surface area contributed by atoms with Crippen molar-refractivity contribution in [3.63, 3.8) is 0 Å². The Hall–Kier alpha value is -0.920. The average Bonchev–Trinajstić information content (AvgIpc) is 3.04. The maximum absolute atomic E-state index is 12.8. The summed E-state index contributed by atoms with van der Waals surface area (Å²) in [4.78, 5) is 4.28. The highest BCUT2D eigenvalue weighted by molar-refractivity contribution is 7.89. The van der Waals surface area contributed by atoms with Crippen molar-refractivity contribution in [3.05, 3.63) is 12.0 Å². The van der Waals surface area contributed by atoms with E-state index in [1.165, 1.54) is 0 Å². The molecule has 7 heteroatoms. The van der Waals surface area contributed by atoms with Crippen LogP contribution in [-0.2, 0) is 16.6 Å². The highest BCUT2D eigenvalue weighted by Gasteiger charge is 2.41. The molecule has 6 nitrogen and oxygen atoms in total. The van der Waals surface area contributed by atoms with Crippen molar-refractivity contribution in [2.75, 3.05) is 19.6 Å². The normalized spacial score (nSPS) is 27.0. The number of imidazole rings is 1. The monoisotopic (exact) mass is 312 g/mol. The smallest absolute Gasteiger partial charge is 0.262 e. The van der Waals surface area contributed by atoms with Crippen LogP contribution in [0.4, 0.5) is 0 Å². The number of aromatic nitrogens is 2. The predicted molar refractivity (Wildman–Crippen MR) is 80.5 cm³/mol. The van der Waals surface area contributed by atoms with Crippen LogP contribution in [0.1, 0.15) is 32.0 Å². The molecule has 2 fully saturated rings. The van der Waals surface area contributed by atoms with Gasteiger partial charge < -0.3 is 9.88 Å². The van der Waals surface area contributed by atoms with Gasteiger partial charge in [0.25, 0.3) is 10.0 Å². The molecular weight excluding hydrogens is 288 g/mol. The number of rotatable bonds is 4. The number of sulfonamides is 1. The topological polar surface area (TPSA) is 67.2 Å². The summed E-state index contributed by atoms with van der Waals surface area (Å²) in [5.74, 6) is 1.22. The van der Waals surface area contributed by atoms with Gasteiger partial charge >= 0.3 is 0 Å². The van der Waals surface area contributed by atoms with E-state index in [0.29, 0.717) is 25.0 Å². The van der Waals surface area contributed by atoms with Gasteiger partial charge in [-0.2, -0.15) is 4.31 Å². The Balaban J connectivity index is 1.82. The van der Waals surface area contributed by atoms with Crippen LogP contribution in [0.15, 0.2) is 11.2 Å². The Bertz CT molecular complexity index is 596. The molecule has 2 aliphatic heterocycles. The quantitative estimate of drug-likeness (QED) is 0.900. The molecule has 1 N–H and O–H groups in total. The summed E-state index contributed by atoms with van der Waals surface area (Å²) in [6.07, 6.45) is 4.91. The lowest BCUT2D eigenvalue weighted by Gasteiger charge is -2.24. The maximum Gasteiger partial charge on any atom is 0.262 e. The minimum atomic E-state index is -3.46. The van der Waals surface area contributed by atoms with Gasteiger partial charge in [-0.15, -0.1) is 0 Å². The van der Waals surface area contributed by atoms with Gasteiger partial charge in [0.1, 0.15) is 5.82 Å². The van der Waals surface area contributed by atoms with E-state index < -0.39 is 10.0 Å². The largest absolute Gasteiger partial charge is 0.334 e. The minimum Gasteiger partial charge on any atom is -0.334 e. The lowest BCUT2D eigenvalue weighted by atomic mass is 9.94. The van der Waals surface area contributed by atoms with Crippen molar-refractivity contribution in [2.24, 2.45) is 5.92 Å². The van der Waals surface area contributed by atoms with Gasteiger partial charge in [-0.3, -0.25) is 0 Å². The van der Waals surface area contributed by atoms with Crippen molar-refractivity contribution in [1.29, 1.82) is 0 Å². The Morgan fingerprint density at radius 3 is 2.95 bits per heavy atom. The predicted octanol–water partition coefficient (Wildman–Crippen LogP) is 0.974. The molecule has 0 bridgehead atoms. The molecule has 0 amide bonds. The van der Waals surface area contributed by atoms with Crippen molar-refractivity contribution in [2.45, 2.75) is 50.7 Å². The van der Waals surface area contributed by atoms with Gasteiger partial charge in [0.05, 0.1) is 0 Å². The van der Waals surface area contributed by atoms with E-state index in [9.17, 15) is 8.42 Å². The highest BCUT2D eigenvalue weighted by Crippen LogP contribution is 2.29. The first kappa shape index (κ1) is 15.0. The molecule has 1 aromatic heterocycles. The van der Waals surface area contributed by atoms with Gasteiger partial charge in [-0.1, -0.05) is 6.92 Å². The standard InChI is InChI=1S/C14H24N4O2S/c1-3-7-17-10-14(16-11(17)2)21(19,20)18-8-12-5-4-6-15-13(12)9-18/h10,12-13,15H,3-9H2,1-2H3/t12-,13+/m0/s1. The summed E-state index contributed by atoms with van der Waals surface area (Å²) < 4.78 is 29.1. The zero-order chi connectivity index (χ0) is 15.0.